The van der Waals surface area contributed by atoms with Crippen molar-refractivity contribution in [2.24, 2.45) is 0 Å². The van der Waals surface area contributed by atoms with Gasteiger partial charge in [0.05, 0.1) is 19.4 Å². The van der Waals surface area contributed by atoms with E-state index in [4.69, 9.17) is 9.15 Å². The highest BCUT2D eigenvalue weighted by Gasteiger charge is 2.22. The molecule has 0 saturated heterocycles. The fraction of sp³-hybridized carbons (Fsp3) is 0.348. The molecule has 0 aliphatic carbocycles. The number of nitrogens with zero attached hydrogens (tertiary/aromatic N) is 2. The summed E-state index contributed by atoms with van der Waals surface area (Å²) in [6.07, 6.45) is 3.75. The molecule has 2 aromatic rings. The fourth-order valence-corrected chi connectivity index (χ4v) is 2.90. The second kappa shape index (κ2) is 12.9. The average molecular weight is 428 g/mol. The third-order valence-corrected chi connectivity index (χ3v) is 4.44. The lowest BCUT2D eigenvalue weighted by Crippen LogP contribution is -2.48. The van der Waals surface area contributed by atoms with Crippen LogP contribution in [0.4, 0.5) is 4.79 Å². The van der Waals surface area contributed by atoms with Gasteiger partial charge in [-0.2, -0.15) is 0 Å². The molecule has 0 aliphatic heterocycles. The van der Waals surface area contributed by atoms with Gasteiger partial charge in [-0.15, -0.1) is 6.58 Å². The first kappa shape index (κ1) is 23.7. The normalized spacial score (nSPS) is 10.2. The van der Waals surface area contributed by atoms with E-state index in [0.717, 1.165) is 5.56 Å². The SMILES string of the molecule is C=CCN(CC(=O)N(CCc1ccccc1)Cc1ccco1)C(=O)NCC(=O)OCC. The van der Waals surface area contributed by atoms with Crippen molar-refractivity contribution in [2.45, 2.75) is 19.9 Å². The Hall–Kier alpha value is -3.55. The van der Waals surface area contributed by atoms with Gasteiger partial charge in [0, 0.05) is 13.1 Å². The van der Waals surface area contributed by atoms with E-state index < -0.39 is 12.0 Å². The standard InChI is InChI=1S/C23H29N3O5/c1-3-13-26(23(29)24-16-22(28)30-4-2)18-21(27)25(17-20-11-8-15-31-20)14-12-19-9-6-5-7-10-19/h3,5-11,15H,1,4,12-14,16-18H2,2H3,(H,24,29). The predicted molar refractivity (Wildman–Crippen MR) is 116 cm³/mol. The minimum absolute atomic E-state index is 0.157. The zero-order valence-corrected chi connectivity index (χ0v) is 17.8. The molecule has 1 aromatic heterocycles. The van der Waals surface area contributed by atoms with Crippen LogP contribution in [0.3, 0.4) is 0 Å². The molecule has 3 amide bonds. The van der Waals surface area contributed by atoms with Crippen molar-refractivity contribution in [3.63, 3.8) is 0 Å². The summed E-state index contributed by atoms with van der Waals surface area (Å²) in [6.45, 7) is 6.06. The summed E-state index contributed by atoms with van der Waals surface area (Å²) in [4.78, 5) is 40.0. The van der Waals surface area contributed by atoms with Crippen molar-refractivity contribution < 1.29 is 23.5 Å². The van der Waals surface area contributed by atoms with Gasteiger partial charge in [0.15, 0.2) is 0 Å². The molecule has 0 unspecified atom stereocenters. The Morgan fingerprint density at radius 1 is 1.13 bits per heavy atom. The maximum atomic E-state index is 13.1. The Balaban J connectivity index is 2.02. The topological polar surface area (TPSA) is 92.1 Å². The Morgan fingerprint density at radius 2 is 1.90 bits per heavy atom. The second-order valence-corrected chi connectivity index (χ2v) is 6.76. The van der Waals surface area contributed by atoms with Gasteiger partial charge in [0.1, 0.15) is 18.8 Å². The summed E-state index contributed by atoms with van der Waals surface area (Å²) in [5.74, 6) is -0.119. The van der Waals surface area contributed by atoms with Crippen molar-refractivity contribution in [2.75, 3.05) is 32.8 Å². The molecule has 0 atom stereocenters. The van der Waals surface area contributed by atoms with Crippen molar-refractivity contribution in [3.05, 3.63) is 72.7 Å². The smallest absolute Gasteiger partial charge is 0.325 e. The fourth-order valence-electron chi connectivity index (χ4n) is 2.90. The van der Waals surface area contributed by atoms with Crippen LogP contribution in [0.25, 0.3) is 0 Å². The molecular weight excluding hydrogens is 398 g/mol. The first-order valence-corrected chi connectivity index (χ1v) is 10.2. The number of furan rings is 1. The van der Waals surface area contributed by atoms with Crippen molar-refractivity contribution >= 4 is 17.9 Å². The van der Waals surface area contributed by atoms with Gasteiger partial charge in [0.2, 0.25) is 5.91 Å². The lowest BCUT2D eigenvalue weighted by Gasteiger charge is -2.26. The average Bonchev–Trinajstić information content (AvgIpc) is 3.28. The Labute approximate surface area is 182 Å². The number of carbonyl (C=O) groups excluding carboxylic acids is 3. The van der Waals surface area contributed by atoms with E-state index >= 15 is 0 Å². The van der Waals surface area contributed by atoms with Gasteiger partial charge in [-0.1, -0.05) is 36.4 Å². The van der Waals surface area contributed by atoms with Gasteiger partial charge >= 0.3 is 12.0 Å². The second-order valence-electron chi connectivity index (χ2n) is 6.76. The summed E-state index contributed by atoms with van der Waals surface area (Å²) in [5, 5.41) is 2.48. The molecule has 2 rings (SSSR count). The lowest BCUT2D eigenvalue weighted by atomic mass is 10.1. The third kappa shape index (κ3) is 8.38. The molecular formula is C23H29N3O5. The third-order valence-electron chi connectivity index (χ3n) is 4.44. The number of amides is 3. The number of benzene rings is 1. The van der Waals surface area contributed by atoms with Gasteiger partial charge < -0.3 is 24.3 Å². The van der Waals surface area contributed by atoms with Crippen LogP contribution in [0.5, 0.6) is 0 Å². The van der Waals surface area contributed by atoms with E-state index in [9.17, 15) is 14.4 Å². The van der Waals surface area contributed by atoms with E-state index in [1.165, 1.54) is 11.0 Å². The Morgan fingerprint density at radius 3 is 2.55 bits per heavy atom. The first-order chi connectivity index (χ1) is 15.0. The molecule has 0 spiro atoms. The first-order valence-electron chi connectivity index (χ1n) is 10.2. The number of esters is 1. The quantitative estimate of drug-likeness (QED) is 0.415. The number of nitrogens with one attached hydrogen (secondary N) is 1. The highest BCUT2D eigenvalue weighted by molar-refractivity contribution is 5.86. The molecule has 0 fully saturated rings. The van der Waals surface area contributed by atoms with Crippen LogP contribution in [0.1, 0.15) is 18.2 Å². The minimum atomic E-state index is -0.540. The van der Waals surface area contributed by atoms with Crippen LogP contribution in [0.15, 0.2) is 65.8 Å². The van der Waals surface area contributed by atoms with Crippen LogP contribution >= 0.6 is 0 Å². The monoisotopic (exact) mass is 427 g/mol. The summed E-state index contributed by atoms with van der Waals surface area (Å²) in [7, 11) is 0. The largest absolute Gasteiger partial charge is 0.467 e. The summed E-state index contributed by atoms with van der Waals surface area (Å²) >= 11 is 0. The Kier molecular flexibility index (Phi) is 9.87. The Bertz CT molecular complexity index is 836. The summed E-state index contributed by atoms with van der Waals surface area (Å²) < 4.78 is 10.2. The number of hydrogen-bond acceptors (Lipinski definition) is 5. The van der Waals surface area contributed by atoms with Crippen LogP contribution in [0, 0.1) is 0 Å². The molecule has 166 valence electrons. The summed E-state index contributed by atoms with van der Waals surface area (Å²) in [5.41, 5.74) is 1.11. The van der Waals surface area contributed by atoms with Crippen LogP contribution in [0.2, 0.25) is 0 Å². The van der Waals surface area contributed by atoms with E-state index in [0.29, 0.717) is 25.3 Å². The maximum absolute atomic E-state index is 13.1. The van der Waals surface area contributed by atoms with Crippen LogP contribution in [-0.2, 0) is 27.3 Å². The van der Waals surface area contributed by atoms with E-state index in [1.54, 1.807) is 30.2 Å². The number of rotatable bonds is 12. The van der Waals surface area contributed by atoms with Crippen molar-refractivity contribution in [1.29, 1.82) is 0 Å². The molecule has 1 N–H and O–H groups in total. The van der Waals surface area contributed by atoms with Gasteiger partial charge in [-0.05, 0) is 31.0 Å². The molecule has 8 nitrogen and oxygen atoms in total. The molecule has 0 radical (unpaired) electrons. The van der Waals surface area contributed by atoms with E-state index in [2.05, 4.69) is 11.9 Å². The highest BCUT2D eigenvalue weighted by Crippen LogP contribution is 2.09. The predicted octanol–water partition coefficient (Wildman–Crippen LogP) is 2.61. The zero-order valence-electron chi connectivity index (χ0n) is 17.8. The molecule has 8 heteroatoms. The van der Waals surface area contributed by atoms with Crippen LogP contribution in [-0.4, -0.2) is 60.5 Å². The van der Waals surface area contributed by atoms with E-state index in [-0.39, 0.29) is 32.1 Å². The number of urea groups is 1. The molecule has 1 heterocycles. The molecule has 0 saturated carbocycles. The van der Waals surface area contributed by atoms with Gasteiger partial charge in [-0.3, -0.25) is 9.59 Å². The van der Waals surface area contributed by atoms with Crippen molar-refractivity contribution in [1.82, 2.24) is 15.1 Å². The van der Waals surface area contributed by atoms with Crippen molar-refractivity contribution in [3.8, 4) is 0 Å². The molecule has 0 aliphatic rings. The lowest BCUT2D eigenvalue weighted by molar-refractivity contribution is -0.141. The highest BCUT2D eigenvalue weighted by atomic mass is 16.5. The molecule has 1 aromatic carbocycles. The maximum Gasteiger partial charge on any atom is 0.325 e. The number of carbonyl (C=O) groups is 3. The minimum Gasteiger partial charge on any atom is -0.467 e. The van der Waals surface area contributed by atoms with Crippen LogP contribution < -0.4 is 5.32 Å². The van der Waals surface area contributed by atoms with Gasteiger partial charge in [-0.25, -0.2) is 4.79 Å². The summed E-state index contributed by atoms with van der Waals surface area (Å²) in [6, 6.07) is 12.9. The number of ether oxygens (including phenoxy) is 1. The molecule has 0 bridgehead atoms. The molecule has 31 heavy (non-hydrogen) atoms. The van der Waals surface area contributed by atoms with Gasteiger partial charge in [0.25, 0.3) is 0 Å². The van der Waals surface area contributed by atoms with E-state index in [1.807, 2.05) is 30.3 Å². The zero-order chi connectivity index (χ0) is 22.5. The number of hydrogen-bond donors (Lipinski definition) is 1.